The Bertz CT molecular complexity index is 881. The topological polar surface area (TPSA) is 40.5 Å². The molecule has 4 aliphatic carbocycles. The Balaban J connectivity index is 1.69. The molecule has 2 aromatic carbocycles. The van der Waals surface area contributed by atoms with Crippen LogP contribution in [-0.4, -0.2) is 10.2 Å². The molecule has 6 rings (SSSR count). The first-order chi connectivity index (χ1) is 13.1. The minimum absolute atomic E-state index is 0.183. The second kappa shape index (κ2) is 5.34. The highest BCUT2D eigenvalue weighted by Gasteiger charge is 2.66. The van der Waals surface area contributed by atoms with E-state index < -0.39 is 0 Å². The molecule has 0 aromatic heterocycles. The second-order valence-corrected chi connectivity index (χ2v) is 11.2. The zero-order chi connectivity index (χ0) is 19.9. The number of phenols is 2. The third-order valence-electron chi connectivity index (χ3n) is 8.21. The summed E-state index contributed by atoms with van der Waals surface area (Å²) in [6.07, 6.45) is 7.49. The van der Waals surface area contributed by atoms with Gasteiger partial charge in [-0.2, -0.15) is 0 Å². The summed E-state index contributed by atoms with van der Waals surface area (Å²) < 4.78 is 0. The predicted molar refractivity (Wildman–Crippen MR) is 113 cm³/mol. The average Bonchev–Trinajstić information content (AvgIpc) is 2.56. The third-order valence-corrected chi connectivity index (χ3v) is 8.21. The standard InChI is InChI=1S/C26H32O2/c1-17-9-19(5-7-21(17)27)25-12-23(3)11-24(4,13-25)15-26(14-23,16-25)20-6-8-22(28)18(2)10-20/h5-10,27-28H,11-16H2,1-4H3. The molecule has 0 heterocycles. The van der Waals surface area contributed by atoms with Crippen LogP contribution < -0.4 is 0 Å². The smallest absolute Gasteiger partial charge is 0.118 e. The van der Waals surface area contributed by atoms with Gasteiger partial charge in [-0.15, -0.1) is 0 Å². The van der Waals surface area contributed by atoms with Crippen LogP contribution in [0, 0.1) is 24.7 Å². The highest BCUT2D eigenvalue weighted by Crippen LogP contribution is 2.74. The molecule has 2 N–H and O–H groups in total. The number of hydrogen-bond acceptors (Lipinski definition) is 2. The molecule has 148 valence electrons. The molecule has 0 spiro atoms. The van der Waals surface area contributed by atoms with E-state index in [1.165, 1.54) is 49.7 Å². The van der Waals surface area contributed by atoms with Crippen molar-refractivity contribution in [2.45, 2.75) is 77.0 Å². The molecule has 4 aliphatic rings. The van der Waals surface area contributed by atoms with Gasteiger partial charge in [-0.05, 0) is 108 Å². The molecule has 0 atom stereocenters. The lowest BCUT2D eigenvalue weighted by Gasteiger charge is -2.70. The van der Waals surface area contributed by atoms with Crippen LogP contribution in [0.25, 0.3) is 0 Å². The summed E-state index contributed by atoms with van der Waals surface area (Å²) in [5.41, 5.74) is 5.86. The number of phenolic OH excluding ortho intramolecular Hbond substituents is 2. The summed E-state index contributed by atoms with van der Waals surface area (Å²) in [5, 5.41) is 20.2. The summed E-state index contributed by atoms with van der Waals surface area (Å²) in [6, 6.07) is 12.6. The van der Waals surface area contributed by atoms with Gasteiger partial charge in [0.2, 0.25) is 0 Å². The second-order valence-electron chi connectivity index (χ2n) is 11.2. The lowest BCUT2D eigenvalue weighted by Crippen LogP contribution is -2.62. The van der Waals surface area contributed by atoms with E-state index in [1.807, 2.05) is 26.0 Å². The van der Waals surface area contributed by atoms with Gasteiger partial charge in [0.1, 0.15) is 11.5 Å². The number of hydrogen-bond donors (Lipinski definition) is 2. The van der Waals surface area contributed by atoms with Crippen LogP contribution in [0.5, 0.6) is 11.5 Å². The van der Waals surface area contributed by atoms with Gasteiger partial charge in [0.15, 0.2) is 0 Å². The van der Waals surface area contributed by atoms with Gasteiger partial charge >= 0.3 is 0 Å². The molecule has 0 amide bonds. The number of aryl methyl sites for hydroxylation is 2. The first-order valence-corrected chi connectivity index (χ1v) is 10.7. The van der Waals surface area contributed by atoms with Crippen LogP contribution in [0.15, 0.2) is 36.4 Å². The van der Waals surface area contributed by atoms with E-state index in [0.717, 1.165) is 11.1 Å². The van der Waals surface area contributed by atoms with Crippen molar-refractivity contribution in [1.82, 2.24) is 0 Å². The molecule has 0 aliphatic heterocycles. The van der Waals surface area contributed by atoms with Crippen LogP contribution in [0.4, 0.5) is 0 Å². The fraction of sp³-hybridized carbons (Fsp3) is 0.538. The molecule has 4 fully saturated rings. The lowest BCUT2D eigenvalue weighted by atomic mass is 9.34. The van der Waals surface area contributed by atoms with Crippen molar-refractivity contribution >= 4 is 0 Å². The Labute approximate surface area is 168 Å². The van der Waals surface area contributed by atoms with Gasteiger partial charge in [-0.25, -0.2) is 0 Å². The van der Waals surface area contributed by atoms with E-state index in [0.29, 0.717) is 22.3 Å². The van der Waals surface area contributed by atoms with E-state index in [4.69, 9.17) is 0 Å². The van der Waals surface area contributed by atoms with Gasteiger partial charge in [0, 0.05) is 0 Å². The minimum atomic E-state index is 0.183. The molecule has 2 aromatic rings. The fourth-order valence-electron chi connectivity index (χ4n) is 8.28. The zero-order valence-electron chi connectivity index (χ0n) is 17.6. The van der Waals surface area contributed by atoms with E-state index in [9.17, 15) is 10.2 Å². The normalized spacial score (nSPS) is 38.7. The van der Waals surface area contributed by atoms with Crippen molar-refractivity contribution in [2.75, 3.05) is 0 Å². The van der Waals surface area contributed by atoms with Crippen molar-refractivity contribution in [3.05, 3.63) is 58.7 Å². The quantitative estimate of drug-likeness (QED) is 0.647. The van der Waals surface area contributed by atoms with E-state index in [2.05, 4.69) is 38.1 Å². The summed E-state index contributed by atoms with van der Waals surface area (Å²) in [6.45, 7) is 9.04. The maximum absolute atomic E-state index is 10.1. The van der Waals surface area contributed by atoms with Crippen molar-refractivity contribution in [3.63, 3.8) is 0 Å². The minimum Gasteiger partial charge on any atom is -0.508 e. The van der Waals surface area contributed by atoms with Crippen LogP contribution >= 0.6 is 0 Å². The van der Waals surface area contributed by atoms with Gasteiger partial charge in [0.25, 0.3) is 0 Å². The predicted octanol–water partition coefficient (Wildman–Crippen LogP) is 6.28. The van der Waals surface area contributed by atoms with E-state index in [-0.39, 0.29) is 10.8 Å². The first-order valence-electron chi connectivity index (χ1n) is 10.7. The van der Waals surface area contributed by atoms with Crippen LogP contribution in [0.2, 0.25) is 0 Å². The Morgan fingerprint density at radius 1 is 0.607 bits per heavy atom. The maximum atomic E-state index is 10.1. The van der Waals surface area contributed by atoms with Crippen molar-refractivity contribution in [1.29, 1.82) is 0 Å². The highest BCUT2D eigenvalue weighted by molar-refractivity contribution is 5.46. The monoisotopic (exact) mass is 376 g/mol. The lowest BCUT2D eigenvalue weighted by molar-refractivity contribution is -0.126. The SMILES string of the molecule is Cc1cc(C23CC4(C)CC(C)(C2)CC(c2ccc(O)c(C)c2)(C4)C3)ccc1O. The Hall–Kier alpha value is -1.96. The molecule has 28 heavy (non-hydrogen) atoms. The largest absolute Gasteiger partial charge is 0.508 e. The number of benzene rings is 2. The maximum Gasteiger partial charge on any atom is 0.118 e. The molecular formula is C26H32O2. The molecule has 4 bridgehead atoms. The molecule has 2 heteroatoms. The van der Waals surface area contributed by atoms with Crippen molar-refractivity contribution in [3.8, 4) is 11.5 Å². The Kier molecular flexibility index (Phi) is 3.45. The Morgan fingerprint density at radius 3 is 1.36 bits per heavy atom. The van der Waals surface area contributed by atoms with Gasteiger partial charge in [-0.3, -0.25) is 0 Å². The number of aromatic hydroxyl groups is 2. The third kappa shape index (κ3) is 2.46. The van der Waals surface area contributed by atoms with Crippen molar-refractivity contribution in [2.24, 2.45) is 10.8 Å². The van der Waals surface area contributed by atoms with Gasteiger partial charge < -0.3 is 10.2 Å². The molecule has 0 unspecified atom stereocenters. The molecule has 0 saturated heterocycles. The fourth-order valence-corrected chi connectivity index (χ4v) is 8.28. The Morgan fingerprint density at radius 2 is 1.00 bits per heavy atom. The zero-order valence-corrected chi connectivity index (χ0v) is 17.6. The van der Waals surface area contributed by atoms with Crippen LogP contribution in [0.3, 0.4) is 0 Å². The summed E-state index contributed by atoms with van der Waals surface area (Å²) in [4.78, 5) is 0. The van der Waals surface area contributed by atoms with Crippen LogP contribution in [0.1, 0.15) is 74.6 Å². The van der Waals surface area contributed by atoms with E-state index in [1.54, 1.807) is 0 Å². The first kappa shape index (κ1) is 18.1. The molecule has 2 nitrogen and oxygen atoms in total. The van der Waals surface area contributed by atoms with Crippen LogP contribution in [-0.2, 0) is 10.8 Å². The summed E-state index contributed by atoms with van der Waals surface area (Å²) in [5.74, 6) is 0.796. The van der Waals surface area contributed by atoms with Gasteiger partial charge in [-0.1, -0.05) is 38.1 Å². The summed E-state index contributed by atoms with van der Waals surface area (Å²) >= 11 is 0. The van der Waals surface area contributed by atoms with E-state index >= 15 is 0 Å². The molecular weight excluding hydrogens is 344 g/mol. The number of rotatable bonds is 2. The highest BCUT2D eigenvalue weighted by atomic mass is 16.3. The average molecular weight is 377 g/mol. The summed E-state index contributed by atoms with van der Waals surface area (Å²) in [7, 11) is 0. The molecule has 4 saturated carbocycles. The van der Waals surface area contributed by atoms with Crippen molar-refractivity contribution < 1.29 is 10.2 Å². The molecule has 0 radical (unpaired) electrons. The van der Waals surface area contributed by atoms with Gasteiger partial charge in [0.05, 0.1) is 0 Å².